The molecule has 0 aliphatic heterocycles. The van der Waals surface area contributed by atoms with Crippen LogP contribution in [-0.4, -0.2) is 106 Å². The Labute approximate surface area is 122 Å². The van der Waals surface area contributed by atoms with Crippen LogP contribution in [0.2, 0.25) is 0 Å². The number of hydrogen-bond donors (Lipinski definition) is 8. The van der Waals surface area contributed by atoms with E-state index < -0.39 is 75.9 Å². The standard InChI is InChI=1S/C12H26O9/c13-1-9(11(3-15,4-16)5-17)21-10(2-14)12(6-18,7-19)8-20/h9-10,13-20H,1-8H2. The Bertz CT molecular complexity index is 223. The van der Waals surface area contributed by atoms with E-state index in [-0.39, 0.29) is 0 Å². The topological polar surface area (TPSA) is 171 Å². The Hall–Kier alpha value is -0.360. The molecule has 0 aromatic rings. The molecule has 2 unspecified atom stereocenters. The minimum absolute atomic E-state index is 0.698. The molecule has 0 rings (SSSR count). The summed E-state index contributed by atoms with van der Waals surface area (Å²) in [7, 11) is 0. The molecule has 0 aliphatic carbocycles. The van der Waals surface area contributed by atoms with Crippen molar-refractivity contribution in [2.24, 2.45) is 10.8 Å². The molecule has 9 nitrogen and oxygen atoms in total. The van der Waals surface area contributed by atoms with E-state index in [0.717, 1.165) is 0 Å². The highest BCUT2D eigenvalue weighted by molar-refractivity contribution is 4.91. The summed E-state index contributed by atoms with van der Waals surface area (Å²) in [5.41, 5.74) is -3.15. The number of rotatable bonds is 12. The van der Waals surface area contributed by atoms with E-state index in [9.17, 15) is 40.9 Å². The molecule has 0 radical (unpaired) electrons. The molecule has 0 aliphatic rings. The monoisotopic (exact) mass is 314 g/mol. The average Bonchev–Trinajstić information content (AvgIpc) is 2.55. The van der Waals surface area contributed by atoms with Crippen molar-refractivity contribution >= 4 is 0 Å². The van der Waals surface area contributed by atoms with E-state index in [1.54, 1.807) is 0 Å². The molecule has 0 aromatic heterocycles. The summed E-state index contributed by atoms with van der Waals surface area (Å²) in [6, 6.07) is 0. The van der Waals surface area contributed by atoms with Gasteiger partial charge in [-0.25, -0.2) is 0 Å². The second-order valence-electron chi connectivity index (χ2n) is 5.15. The number of hydrogen-bond acceptors (Lipinski definition) is 9. The molecule has 0 saturated carbocycles. The van der Waals surface area contributed by atoms with Gasteiger partial charge in [-0.3, -0.25) is 0 Å². The minimum atomic E-state index is -1.58. The SMILES string of the molecule is OCC(OC(CO)C(CO)(CO)CO)C(CO)(CO)CO. The molecule has 0 aromatic carbocycles. The van der Waals surface area contributed by atoms with Crippen LogP contribution < -0.4 is 0 Å². The molecule has 0 bridgehead atoms. The molecule has 0 saturated heterocycles. The summed E-state index contributed by atoms with van der Waals surface area (Å²) in [5.74, 6) is 0. The van der Waals surface area contributed by atoms with Crippen molar-refractivity contribution in [1.29, 1.82) is 0 Å². The van der Waals surface area contributed by atoms with Crippen LogP contribution in [0.5, 0.6) is 0 Å². The lowest BCUT2D eigenvalue weighted by atomic mass is 9.82. The summed E-state index contributed by atoms with van der Waals surface area (Å²) in [5, 5.41) is 74.6. The van der Waals surface area contributed by atoms with Crippen molar-refractivity contribution < 1.29 is 45.6 Å². The van der Waals surface area contributed by atoms with Gasteiger partial charge in [-0.2, -0.15) is 0 Å². The maximum atomic E-state index is 9.36. The zero-order valence-electron chi connectivity index (χ0n) is 11.8. The lowest BCUT2D eigenvalue weighted by molar-refractivity contribution is -0.205. The van der Waals surface area contributed by atoms with E-state index in [0.29, 0.717) is 0 Å². The smallest absolute Gasteiger partial charge is 0.0933 e. The van der Waals surface area contributed by atoms with Gasteiger partial charge in [0.05, 0.1) is 75.9 Å². The fourth-order valence-corrected chi connectivity index (χ4v) is 1.87. The van der Waals surface area contributed by atoms with Gasteiger partial charge >= 0.3 is 0 Å². The summed E-state index contributed by atoms with van der Waals surface area (Å²) >= 11 is 0. The van der Waals surface area contributed by atoms with E-state index in [1.807, 2.05) is 0 Å². The van der Waals surface area contributed by atoms with Crippen LogP contribution >= 0.6 is 0 Å². The summed E-state index contributed by atoms with van der Waals surface area (Å²) < 4.78 is 5.37. The first-order valence-corrected chi connectivity index (χ1v) is 6.52. The molecule has 0 amide bonds. The first-order valence-electron chi connectivity index (χ1n) is 6.52. The molecule has 9 heteroatoms. The van der Waals surface area contributed by atoms with Crippen molar-refractivity contribution in [2.75, 3.05) is 52.9 Å². The molecule has 8 N–H and O–H groups in total. The van der Waals surface area contributed by atoms with Gasteiger partial charge in [-0.05, 0) is 0 Å². The van der Waals surface area contributed by atoms with Gasteiger partial charge < -0.3 is 45.6 Å². The molecule has 0 heterocycles. The van der Waals surface area contributed by atoms with Gasteiger partial charge in [0.25, 0.3) is 0 Å². The molecular weight excluding hydrogens is 288 g/mol. The van der Waals surface area contributed by atoms with Gasteiger partial charge in [0.1, 0.15) is 0 Å². The van der Waals surface area contributed by atoms with Gasteiger partial charge in [0.15, 0.2) is 0 Å². The first kappa shape index (κ1) is 20.6. The quantitative estimate of drug-likeness (QED) is 0.177. The van der Waals surface area contributed by atoms with Gasteiger partial charge in [0.2, 0.25) is 0 Å². The predicted octanol–water partition coefficient (Wildman–Crippen LogP) is -4.35. The van der Waals surface area contributed by atoms with Crippen LogP contribution in [0.4, 0.5) is 0 Å². The van der Waals surface area contributed by atoms with Crippen LogP contribution in [0.15, 0.2) is 0 Å². The first-order chi connectivity index (χ1) is 9.99. The Morgan fingerprint density at radius 1 is 0.524 bits per heavy atom. The second kappa shape index (κ2) is 9.62. The normalized spacial score (nSPS) is 16.0. The average molecular weight is 314 g/mol. The second-order valence-corrected chi connectivity index (χ2v) is 5.15. The lowest BCUT2D eigenvalue weighted by Crippen LogP contribution is -2.55. The molecule has 21 heavy (non-hydrogen) atoms. The lowest BCUT2D eigenvalue weighted by Gasteiger charge is -2.42. The van der Waals surface area contributed by atoms with Crippen LogP contribution in [0.1, 0.15) is 0 Å². The Morgan fingerprint density at radius 2 is 0.762 bits per heavy atom. The van der Waals surface area contributed by atoms with Crippen LogP contribution in [0, 0.1) is 10.8 Å². The van der Waals surface area contributed by atoms with E-state index in [2.05, 4.69) is 0 Å². The largest absolute Gasteiger partial charge is 0.396 e. The zero-order chi connectivity index (χ0) is 16.5. The van der Waals surface area contributed by atoms with Crippen molar-refractivity contribution in [3.8, 4) is 0 Å². The Kier molecular flexibility index (Phi) is 9.45. The number of aliphatic hydroxyl groups excluding tert-OH is 8. The Balaban J connectivity index is 5.32. The summed E-state index contributed by atoms with van der Waals surface area (Å²) in [6.45, 7) is -5.60. The van der Waals surface area contributed by atoms with Crippen molar-refractivity contribution in [3.05, 3.63) is 0 Å². The van der Waals surface area contributed by atoms with Crippen LogP contribution in [-0.2, 0) is 4.74 Å². The highest BCUT2D eigenvalue weighted by Crippen LogP contribution is 2.30. The van der Waals surface area contributed by atoms with Crippen molar-refractivity contribution in [1.82, 2.24) is 0 Å². The third-order valence-electron chi connectivity index (χ3n) is 3.92. The van der Waals surface area contributed by atoms with Gasteiger partial charge in [-0.1, -0.05) is 0 Å². The molecular formula is C12H26O9. The van der Waals surface area contributed by atoms with E-state index in [1.165, 1.54) is 0 Å². The molecule has 0 spiro atoms. The molecule has 0 fully saturated rings. The van der Waals surface area contributed by atoms with E-state index in [4.69, 9.17) is 4.74 Å². The number of aliphatic hydroxyl groups is 8. The van der Waals surface area contributed by atoms with Crippen LogP contribution in [0.3, 0.4) is 0 Å². The van der Waals surface area contributed by atoms with Gasteiger partial charge in [-0.15, -0.1) is 0 Å². The van der Waals surface area contributed by atoms with E-state index >= 15 is 0 Å². The highest BCUT2D eigenvalue weighted by atomic mass is 16.5. The van der Waals surface area contributed by atoms with Crippen molar-refractivity contribution in [2.45, 2.75) is 12.2 Å². The molecule has 2 atom stereocenters. The fourth-order valence-electron chi connectivity index (χ4n) is 1.87. The molecule has 128 valence electrons. The fraction of sp³-hybridized carbons (Fsp3) is 1.00. The third kappa shape index (κ3) is 4.31. The Morgan fingerprint density at radius 3 is 0.905 bits per heavy atom. The minimum Gasteiger partial charge on any atom is -0.396 e. The summed E-state index contributed by atoms with van der Waals surface area (Å²) in [4.78, 5) is 0. The van der Waals surface area contributed by atoms with Gasteiger partial charge in [0, 0.05) is 0 Å². The maximum absolute atomic E-state index is 9.36. The third-order valence-corrected chi connectivity index (χ3v) is 3.92. The maximum Gasteiger partial charge on any atom is 0.0933 e. The number of ether oxygens (including phenoxy) is 1. The zero-order valence-corrected chi connectivity index (χ0v) is 11.8. The van der Waals surface area contributed by atoms with Crippen molar-refractivity contribution in [3.63, 3.8) is 0 Å². The predicted molar refractivity (Wildman–Crippen MR) is 70.2 cm³/mol. The van der Waals surface area contributed by atoms with Crippen LogP contribution in [0.25, 0.3) is 0 Å². The highest BCUT2D eigenvalue weighted by Gasteiger charge is 2.45. The summed E-state index contributed by atoms with van der Waals surface area (Å²) in [6.07, 6.45) is -2.56.